The fraction of sp³-hybridized carbons (Fsp3) is 0.263. The number of oxazole rings is 1. The number of rotatable bonds is 2. The van der Waals surface area contributed by atoms with Crippen molar-refractivity contribution in [1.82, 2.24) is 9.88 Å². The predicted octanol–water partition coefficient (Wildman–Crippen LogP) is 4.77. The van der Waals surface area contributed by atoms with Gasteiger partial charge in [0.1, 0.15) is 5.52 Å². The van der Waals surface area contributed by atoms with Crippen molar-refractivity contribution in [2.75, 3.05) is 6.54 Å². The molecule has 0 aliphatic carbocycles. The summed E-state index contributed by atoms with van der Waals surface area (Å²) in [6.45, 7) is 2.54. The van der Waals surface area contributed by atoms with Crippen molar-refractivity contribution in [1.29, 1.82) is 0 Å². The van der Waals surface area contributed by atoms with Crippen molar-refractivity contribution in [2.24, 2.45) is 0 Å². The number of aryl methyl sites for hydroxylation is 1. The quantitative estimate of drug-likeness (QED) is 0.675. The highest BCUT2D eigenvalue weighted by Crippen LogP contribution is 2.36. The summed E-state index contributed by atoms with van der Waals surface area (Å²) in [6.07, 6.45) is 1.91. The number of halogens is 1. The lowest BCUT2D eigenvalue weighted by molar-refractivity contribution is 0.0736. The average Bonchev–Trinajstić information content (AvgIpc) is 3.19. The van der Waals surface area contributed by atoms with Crippen LogP contribution < -0.4 is 0 Å². The molecular formula is C19H17ClN2O2. The fourth-order valence-corrected chi connectivity index (χ4v) is 3.68. The molecule has 4 nitrogen and oxygen atoms in total. The number of likely N-dealkylation sites (tertiary alicyclic amines) is 1. The number of amides is 1. The van der Waals surface area contributed by atoms with E-state index in [0.717, 1.165) is 30.5 Å². The molecule has 1 atom stereocenters. The zero-order valence-corrected chi connectivity index (χ0v) is 14.1. The van der Waals surface area contributed by atoms with Gasteiger partial charge in [-0.1, -0.05) is 29.8 Å². The Balaban J connectivity index is 1.68. The summed E-state index contributed by atoms with van der Waals surface area (Å²) in [5, 5.41) is 0.712. The Morgan fingerprint density at radius 2 is 2.12 bits per heavy atom. The van der Waals surface area contributed by atoms with E-state index in [2.05, 4.69) is 4.98 Å². The first-order valence-electron chi connectivity index (χ1n) is 8.06. The smallest absolute Gasteiger partial charge is 0.254 e. The number of benzene rings is 2. The summed E-state index contributed by atoms with van der Waals surface area (Å²) in [6, 6.07) is 13.2. The van der Waals surface area contributed by atoms with Crippen LogP contribution in [0.4, 0.5) is 0 Å². The first kappa shape index (κ1) is 15.2. The largest absolute Gasteiger partial charge is 0.441 e. The summed E-state index contributed by atoms with van der Waals surface area (Å²) in [4.78, 5) is 19.2. The molecule has 1 fully saturated rings. The second-order valence-corrected chi connectivity index (χ2v) is 6.50. The Labute approximate surface area is 145 Å². The van der Waals surface area contributed by atoms with Crippen LogP contribution in [0, 0.1) is 6.92 Å². The molecule has 0 spiro atoms. The van der Waals surface area contributed by atoms with Gasteiger partial charge in [-0.05, 0) is 42.7 Å². The van der Waals surface area contributed by atoms with Gasteiger partial charge in [-0.3, -0.25) is 4.79 Å². The summed E-state index contributed by atoms with van der Waals surface area (Å²) in [5.41, 5.74) is 3.05. The summed E-state index contributed by atoms with van der Waals surface area (Å²) < 4.78 is 5.55. The number of carbonyl (C=O) groups is 1. The monoisotopic (exact) mass is 340 g/mol. The number of carbonyl (C=O) groups excluding carboxylic acids is 1. The van der Waals surface area contributed by atoms with Crippen LogP contribution in [-0.2, 0) is 0 Å². The van der Waals surface area contributed by atoms with E-state index in [4.69, 9.17) is 16.0 Å². The molecule has 24 heavy (non-hydrogen) atoms. The minimum atomic E-state index is 0.00775. The van der Waals surface area contributed by atoms with Crippen molar-refractivity contribution in [2.45, 2.75) is 25.8 Å². The minimum Gasteiger partial charge on any atom is -0.441 e. The van der Waals surface area contributed by atoms with E-state index in [9.17, 15) is 4.79 Å². The van der Waals surface area contributed by atoms with Gasteiger partial charge in [-0.2, -0.15) is 0 Å². The maximum atomic E-state index is 13.0. The number of hydrogen-bond acceptors (Lipinski definition) is 3. The Hall–Kier alpha value is -2.33. The standard InChI is InChI=1S/C19H17ClN2O2/c1-12-21-16-9-8-13(11-18(16)24-12)19(23)22-10-4-7-17(22)14-5-2-3-6-15(14)20/h2-3,5-6,8-9,11,17H,4,7,10H2,1H3/t17-/m1/s1. The molecule has 1 aromatic heterocycles. The summed E-state index contributed by atoms with van der Waals surface area (Å²) in [7, 11) is 0. The molecule has 3 aromatic rings. The molecule has 0 bridgehead atoms. The third-order valence-corrected chi connectivity index (χ3v) is 4.86. The lowest BCUT2D eigenvalue weighted by atomic mass is 10.0. The van der Waals surface area contributed by atoms with Crippen LogP contribution in [0.5, 0.6) is 0 Å². The second-order valence-electron chi connectivity index (χ2n) is 6.09. The van der Waals surface area contributed by atoms with Crippen molar-refractivity contribution in [3.63, 3.8) is 0 Å². The second kappa shape index (κ2) is 5.95. The number of fused-ring (bicyclic) bond motifs is 1. The van der Waals surface area contributed by atoms with Gasteiger partial charge < -0.3 is 9.32 Å². The van der Waals surface area contributed by atoms with Crippen LogP contribution in [0.2, 0.25) is 5.02 Å². The highest BCUT2D eigenvalue weighted by molar-refractivity contribution is 6.31. The number of hydrogen-bond donors (Lipinski definition) is 0. The van der Waals surface area contributed by atoms with Gasteiger partial charge in [0.25, 0.3) is 5.91 Å². The van der Waals surface area contributed by atoms with Crippen LogP contribution in [0.15, 0.2) is 46.9 Å². The molecule has 2 heterocycles. The molecule has 122 valence electrons. The van der Waals surface area contributed by atoms with Gasteiger partial charge in [-0.15, -0.1) is 0 Å². The van der Waals surface area contributed by atoms with Crippen LogP contribution in [-0.4, -0.2) is 22.3 Å². The maximum absolute atomic E-state index is 13.0. The number of aromatic nitrogens is 1. The van der Waals surface area contributed by atoms with Crippen molar-refractivity contribution in [3.05, 3.63) is 64.5 Å². The molecule has 1 amide bonds. The van der Waals surface area contributed by atoms with Gasteiger partial charge in [0.15, 0.2) is 11.5 Å². The van der Waals surface area contributed by atoms with Crippen LogP contribution in [0.25, 0.3) is 11.1 Å². The topological polar surface area (TPSA) is 46.3 Å². The molecule has 1 aliphatic heterocycles. The van der Waals surface area contributed by atoms with Gasteiger partial charge >= 0.3 is 0 Å². The lowest BCUT2D eigenvalue weighted by Crippen LogP contribution is -2.30. The molecule has 1 aliphatic rings. The molecule has 5 heteroatoms. The normalized spacial score (nSPS) is 17.6. The van der Waals surface area contributed by atoms with Gasteiger partial charge in [-0.25, -0.2) is 4.98 Å². The highest BCUT2D eigenvalue weighted by atomic mass is 35.5. The van der Waals surface area contributed by atoms with Crippen LogP contribution >= 0.6 is 11.6 Å². The molecular weight excluding hydrogens is 324 g/mol. The van der Waals surface area contributed by atoms with Gasteiger partial charge in [0.2, 0.25) is 0 Å². The number of nitrogens with zero attached hydrogens (tertiary/aromatic N) is 2. The van der Waals surface area contributed by atoms with Crippen molar-refractivity contribution >= 4 is 28.6 Å². The molecule has 0 radical (unpaired) electrons. The zero-order chi connectivity index (χ0) is 16.7. The predicted molar refractivity (Wildman–Crippen MR) is 93.2 cm³/mol. The average molecular weight is 341 g/mol. The van der Waals surface area contributed by atoms with Gasteiger partial charge in [0, 0.05) is 24.1 Å². The first-order chi connectivity index (χ1) is 11.6. The maximum Gasteiger partial charge on any atom is 0.254 e. The fourth-order valence-electron chi connectivity index (χ4n) is 3.42. The zero-order valence-electron chi connectivity index (χ0n) is 13.3. The van der Waals surface area contributed by atoms with E-state index in [0.29, 0.717) is 22.1 Å². The van der Waals surface area contributed by atoms with E-state index >= 15 is 0 Å². The molecule has 0 saturated carbocycles. The van der Waals surface area contributed by atoms with E-state index in [1.165, 1.54) is 0 Å². The Morgan fingerprint density at radius 3 is 2.96 bits per heavy atom. The molecule has 1 saturated heterocycles. The third-order valence-electron chi connectivity index (χ3n) is 4.52. The van der Waals surface area contributed by atoms with E-state index < -0.39 is 0 Å². The SMILES string of the molecule is Cc1nc2ccc(C(=O)N3CCC[C@@H]3c3ccccc3Cl)cc2o1. The first-order valence-corrected chi connectivity index (χ1v) is 8.44. The van der Waals surface area contributed by atoms with E-state index in [1.807, 2.05) is 41.3 Å². The van der Waals surface area contributed by atoms with Crippen LogP contribution in [0.1, 0.15) is 40.7 Å². The summed E-state index contributed by atoms with van der Waals surface area (Å²) in [5.74, 6) is 0.609. The van der Waals surface area contributed by atoms with Crippen molar-refractivity contribution < 1.29 is 9.21 Å². The Kier molecular flexibility index (Phi) is 3.77. The Bertz CT molecular complexity index is 919. The molecule has 0 unspecified atom stereocenters. The molecule has 4 rings (SSSR count). The van der Waals surface area contributed by atoms with Crippen LogP contribution in [0.3, 0.4) is 0 Å². The van der Waals surface area contributed by atoms with Gasteiger partial charge in [0.05, 0.1) is 6.04 Å². The third kappa shape index (κ3) is 2.57. The van der Waals surface area contributed by atoms with Crippen molar-refractivity contribution in [3.8, 4) is 0 Å². The molecule has 0 N–H and O–H groups in total. The van der Waals surface area contributed by atoms with E-state index in [-0.39, 0.29) is 11.9 Å². The summed E-state index contributed by atoms with van der Waals surface area (Å²) >= 11 is 6.34. The minimum absolute atomic E-state index is 0.00775. The lowest BCUT2D eigenvalue weighted by Gasteiger charge is -2.26. The molecule has 2 aromatic carbocycles. The van der Waals surface area contributed by atoms with E-state index in [1.54, 1.807) is 13.0 Å². The Morgan fingerprint density at radius 1 is 1.29 bits per heavy atom. The highest BCUT2D eigenvalue weighted by Gasteiger charge is 2.31.